The van der Waals surface area contributed by atoms with Crippen molar-refractivity contribution >= 4 is 0 Å². The lowest BCUT2D eigenvalue weighted by Gasteiger charge is -2.33. The molecule has 0 saturated heterocycles. The Bertz CT molecular complexity index is 228. The molecule has 16 heavy (non-hydrogen) atoms. The van der Waals surface area contributed by atoms with E-state index in [0.717, 1.165) is 18.3 Å². The van der Waals surface area contributed by atoms with E-state index in [1.807, 2.05) is 6.92 Å². The van der Waals surface area contributed by atoms with Crippen LogP contribution < -0.4 is 5.32 Å². The van der Waals surface area contributed by atoms with E-state index in [-0.39, 0.29) is 0 Å². The van der Waals surface area contributed by atoms with Crippen LogP contribution in [0.5, 0.6) is 0 Å². The molecule has 92 valence electrons. The zero-order chi connectivity index (χ0) is 11.8. The molecule has 1 unspecified atom stereocenters. The Hall–Kier alpha value is -0.480. The first-order valence-electron chi connectivity index (χ1n) is 6.88. The molecule has 0 amide bonds. The van der Waals surface area contributed by atoms with E-state index in [1.54, 1.807) is 0 Å². The molecule has 1 aliphatic carbocycles. The van der Waals surface area contributed by atoms with Crippen LogP contribution in [0.15, 0.2) is 0 Å². The van der Waals surface area contributed by atoms with Gasteiger partial charge in [-0.05, 0) is 45.1 Å². The summed E-state index contributed by atoms with van der Waals surface area (Å²) in [5, 5.41) is 3.50. The molecule has 1 fully saturated rings. The largest absolute Gasteiger partial charge is 0.317 e. The summed E-state index contributed by atoms with van der Waals surface area (Å²) in [5.41, 5.74) is 0. The van der Waals surface area contributed by atoms with E-state index in [9.17, 15) is 0 Å². The van der Waals surface area contributed by atoms with Crippen molar-refractivity contribution in [2.75, 3.05) is 7.05 Å². The quantitative estimate of drug-likeness (QED) is 0.700. The van der Waals surface area contributed by atoms with Crippen LogP contribution in [-0.2, 0) is 0 Å². The average molecular weight is 221 g/mol. The van der Waals surface area contributed by atoms with E-state index in [1.165, 1.54) is 38.5 Å². The van der Waals surface area contributed by atoms with E-state index in [0.29, 0.717) is 6.04 Å². The second-order valence-electron chi connectivity index (χ2n) is 5.05. The highest BCUT2D eigenvalue weighted by atomic mass is 14.9. The summed E-state index contributed by atoms with van der Waals surface area (Å²) < 4.78 is 0. The summed E-state index contributed by atoms with van der Waals surface area (Å²) in [6.45, 7) is 4.26. The number of hydrogen-bond acceptors (Lipinski definition) is 1. The third kappa shape index (κ3) is 4.18. The standard InChI is InChI=1S/C15H27N/c1-4-6-7-8-15(16-3)14-11-9-13(5-2)10-12-14/h13-16H,5,7-12H2,1-3H3. The predicted octanol–water partition coefficient (Wildman–Crippen LogP) is 3.59. The highest BCUT2D eigenvalue weighted by Crippen LogP contribution is 2.33. The van der Waals surface area contributed by atoms with E-state index in [2.05, 4.69) is 31.1 Å². The fourth-order valence-electron chi connectivity index (χ4n) is 2.97. The van der Waals surface area contributed by atoms with Gasteiger partial charge in [-0.2, -0.15) is 0 Å². The summed E-state index contributed by atoms with van der Waals surface area (Å²) in [6, 6.07) is 0.693. The maximum atomic E-state index is 3.50. The molecule has 0 bridgehead atoms. The van der Waals surface area contributed by atoms with E-state index in [4.69, 9.17) is 0 Å². The van der Waals surface area contributed by atoms with Crippen molar-refractivity contribution in [1.29, 1.82) is 0 Å². The molecule has 0 aliphatic heterocycles. The maximum Gasteiger partial charge on any atom is 0.0103 e. The molecule has 0 heterocycles. The summed E-state index contributed by atoms with van der Waals surface area (Å²) >= 11 is 0. The molecule has 1 saturated carbocycles. The summed E-state index contributed by atoms with van der Waals surface area (Å²) in [7, 11) is 2.11. The third-order valence-corrected chi connectivity index (χ3v) is 4.17. The Morgan fingerprint density at radius 1 is 1.25 bits per heavy atom. The van der Waals surface area contributed by atoms with Crippen LogP contribution in [0.1, 0.15) is 58.8 Å². The molecule has 0 radical (unpaired) electrons. The normalized spacial score (nSPS) is 26.9. The minimum absolute atomic E-state index is 0.693. The van der Waals surface area contributed by atoms with Gasteiger partial charge in [-0.3, -0.25) is 0 Å². The Kier molecular flexibility index (Phi) is 6.57. The fourth-order valence-corrected chi connectivity index (χ4v) is 2.97. The first-order chi connectivity index (χ1) is 7.81. The van der Waals surface area contributed by atoms with Gasteiger partial charge >= 0.3 is 0 Å². The van der Waals surface area contributed by atoms with Gasteiger partial charge in [0.05, 0.1) is 0 Å². The molecule has 1 rings (SSSR count). The lowest BCUT2D eigenvalue weighted by molar-refractivity contribution is 0.217. The molecular formula is C15H27N. The van der Waals surface area contributed by atoms with Crippen LogP contribution in [-0.4, -0.2) is 13.1 Å². The lowest BCUT2D eigenvalue weighted by atomic mass is 9.76. The third-order valence-electron chi connectivity index (χ3n) is 4.17. The summed E-state index contributed by atoms with van der Waals surface area (Å²) in [6.07, 6.45) is 9.37. The van der Waals surface area contributed by atoms with Crippen LogP contribution in [0, 0.1) is 23.7 Å². The lowest BCUT2D eigenvalue weighted by Crippen LogP contribution is -2.35. The molecule has 0 aromatic rings. The molecule has 1 atom stereocenters. The molecule has 1 nitrogen and oxygen atoms in total. The fraction of sp³-hybridized carbons (Fsp3) is 0.867. The monoisotopic (exact) mass is 221 g/mol. The van der Waals surface area contributed by atoms with Gasteiger partial charge in [0.2, 0.25) is 0 Å². The number of hydrogen-bond donors (Lipinski definition) is 1. The van der Waals surface area contributed by atoms with Crippen LogP contribution in [0.3, 0.4) is 0 Å². The van der Waals surface area contributed by atoms with Crippen LogP contribution in [0.4, 0.5) is 0 Å². The maximum absolute atomic E-state index is 3.50. The van der Waals surface area contributed by atoms with Gasteiger partial charge in [-0.1, -0.05) is 26.2 Å². The summed E-state index contributed by atoms with van der Waals surface area (Å²) in [5.74, 6) is 8.07. The Labute approximate surface area is 101 Å². The van der Waals surface area contributed by atoms with Crippen LogP contribution in [0.25, 0.3) is 0 Å². The molecular weight excluding hydrogens is 194 g/mol. The van der Waals surface area contributed by atoms with Crippen molar-refractivity contribution in [3.63, 3.8) is 0 Å². The number of nitrogens with one attached hydrogen (secondary N) is 1. The zero-order valence-electron chi connectivity index (χ0n) is 11.2. The SMILES string of the molecule is CC#CCCC(NC)C1CCC(CC)CC1. The first-order valence-corrected chi connectivity index (χ1v) is 6.88. The topological polar surface area (TPSA) is 12.0 Å². The molecule has 0 aromatic carbocycles. The number of rotatable bonds is 5. The molecule has 1 heteroatoms. The van der Waals surface area contributed by atoms with Crippen LogP contribution in [0.2, 0.25) is 0 Å². The Morgan fingerprint density at radius 2 is 1.94 bits per heavy atom. The minimum Gasteiger partial charge on any atom is -0.317 e. The van der Waals surface area contributed by atoms with Crippen molar-refractivity contribution < 1.29 is 0 Å². The van der Waals surface area contributed by atoms with Crippen molar-refractivity contribution in [2.45, 2.75) is 64.8 Å². The van der Waals surface area contributed by atoms with Gasteiger partial charge in [-0.15, -0.1) is 11.8 Å². The van der Waals surface area contributed by atoms with Crippen LogP contribution >= 0.6 is 0 Å². The van der Waals surface area contributed by atoms with Crippen molar-refractivity contribution in [3.8, 4) is 11.8 Å². The van der Waals surface area contributed by atoms with Gasteiger partial charge in [0.1, 0.15) is 0 Å². The van der Waals surface area contributed by atoms with E-state index < -0.39 is 0 Å². The summed E-state index contributed by atoms with van der Waals surface area (Å²) in [4.78, 5) is 0. The Morgan fingerprint density at radius 3 is 2.44 bits per heavy atom. The predicted molar refractivity (Wildman–Crippen MR) is 71.3 cm³/mol. The zero-order valence-corrected chi connectivity index (χ0v) is 11.2. The molecule has 0 spiro atoms. The van der Waals surface area contributed by atoms with Crippen molar-refractivity contribution in [3.05, 3.63) is 0 Å². The van der Waals surface area contributed by atoms with Gasteiger partial charge in [-0.25, -0.2) is 0 Å². The first kappa shape index (κ1) is 13.6. The average Bonchev–Trinajstić information content (AvgIpc) is 2.35. The highest BCUT2D eigenvalue weighted by molar-refractivity contribution is 4.96. The van der Waals surface area contributed by atoms with E-state index >= 15 is 0 Å². The Balaban J connectivity index is 2.32. The van der Waals surface area contributed by atoms with Crippen molar-refractivity contribution in [2.24, 2.45) is 11.8 Å². The van der Waals surface area contributed by atoms with Gasteiger partial charge < -0.3 is 5.32 Å². The smallest absolute Gasteiger partial charge is 0.0103 e. The second kappa shape index (κ2) is 7.74. The minimum atomic E-state index is 0.693. The van der Waals surface area contributed by atoms with Gasteiger partial charge in [0.25, 0.3) is 0 Å². The van der Waals surface area contributed by atoms with Gasteiger partial charge in [0, 0.05) is 12.5 Å². The van der Waals surface area contributed by atoms with Crippen molar-refractivity contribution in [1.82, 2.24) is 5.32 Å². The molecule has 0 aromatic heterocycles. The van der Waals surface area contributed by atoms with Gasteiger partial charge in [0.15, 0.2) is 0 Å². The highest BCUT2D eigenvalue weighted by Gasteiger charge is 2.25. The molecule has 1 aliphatic rings. The second-order valence-corrected chi connectivity index (χ2v) is 5.05. The molecule has 1 N–H and O–H groups in total.